The number of carbonyl (C=O) groups excluding carboxylic acids is 2. The average Bonchev–Trinajstić information content (AvgIpc) is 2.47. The Morgan fingerprint density at radius 3 is 2.50 bits per heavy atom. The molecule has 1 unspecified atom stereocenters. The predicted molar refractivity (Wildman–Crippen MR) is 63.6 cm³/mol. The molecular weight excluding hydrogens is 234 g/mol. The van der Waals surface area contributed by atoms with E-state index < -0.39 is 17.4 Å². The monoisotopic (exact) mass is 249 g/mol. The minimum Gasteiger partial charge on any atom is -0.371 e. The molecule has 0 bridgehead atoms. The van der Waals surface area contributed by atoms with Crippen molar-refractivity contribution < 1.29 is 19.2 Å². The molecule has 1 aliphatic rings. The molecule has 0 spiro atoms. The largest absolute Gasteiger partial charge is 0.371 e. The first-order chi connectivity index (χ1) is 8.70. The fraction of sp³-hybridized carbons (Fsp3) is 0.385. The van der Waals surface area contributed by atoms with Gasteiger partial charge in [0.05, 0.1) is 0 Å². The van der Waals surface area contributed by atoms with E-state index in [9.17, 15) is 9.59 Å². The molecule has 2 N–H and O–H groups in total. The molecule has 18 heavy (non-hydrogen) atoms. The van der Waals surface area contributed by atoms with Crippen molar-refractivity contribution in [3.63, 3.8) is 0 Å². The maximum atomic E-state index is 12.4. The summed E-state index contributed by atoms with van der Waals surface area (Å²) in [5.74, 6) is 3.71. The Morgan fingerprint density at radius 2 is 1.94 bits per heavy atom. The van der Waals surface area contributed by atoms with Crippen molar-refractivity contribution in [2.75, 3.05) is 6.61 Å². The van der Waals surface area contributed by atoms with Gasteiger partial charge in [0.15, 0.2) is 0 Å². The normalized spacial score (nSPS) is 23.4. The third kappa shape index (κ3) is 2.14. The van der Waals surface area contributed by atoms with Gasteiger partial charge in [-0.2, -0.15) is 5.90 Å². The van der Waals surface area contributed by atoms with Gasteiger partial charge >= 0.3 is 5.97 Å². The zero-order valence-electron chi connectivity index (χ0n) is 9.93. The van der Waals surface area contributed by atoms with Crippen molar-refractivity contribution in [2.24, 2.45) is 5.90 Å². The fourth-order valence-corrected chi connectivity index (χ4v) is 2.15. The summed E-state index contributed by atoms with van der Waals surface area (Å²) in [5.41, 5.74) is -1.15. The van der Waals surface area contributed by atoms with Crippen LogP contribution in [0.4, 0.5) is 0 Å². The summed E-state index contributed by atoms with van der Waals surface area (Å²) in [6.07, 6.45) is 1.85. The van der Waals surface area contributed by atoms with Crippen LogP contribution in [0.3, 0.4) is 0 Å². The van der Waals surface area contributed by atoms with Gasteiger partial charge < -0.3 is 9.57 Å². The number of benzene rings is 1. The lowest BCUT2D eigenvalue weighted by molar-refractivity contribution is -0.171. The molecule has 0 aromatic heterocycles. The molecule has 0 amide bonds. The minimum atomic E-state index is -1.58. The molecular formula is C13H15NO4. The van der Waals surface area contributed by atoms with Gasteiger partial charge in [-0.15, -0.1) is 0 Å². The lowest BCUT2D eigenvalue weighted by Crippen LogP contribution is -2.52. The third-order valence-electron chi connectivity index (χ3n) is 3.11. The fourth-order valence-electron chi connectivity index (χ4n) is 2.15. The minimum absolute atomic E-state index is 0.302. The molecule has 0 aliphatic carbocycles. The van der Waals surface area contributed by atoms with E-state index in [2.05, 4.69) is 4.84 Å². The van der Waals surface area contributed by atoms with Gasteiger partial charge in [0.25, 0.3) is 0 Å². The lowest BCUT2D eigenvalue weighted by Gasteiger charge is -2.32. The van der Waals surface area contributed by atoms with E-state index in [4.69, 9.17) is 10.6 Å². The van der Waals surface area contributed by atoms with Gasteiger partial charge in [0, 0.05) is 12.2 Å². The van der Waals surface area contributed by atoms with Crippen LogP contribution < -0.4 is 5.90 Å². The zero-order valence-corrected chi connectivity index (χ0v) is 9.93. The molecule has 1 aliphatic heterocycles. The van der Waals surface area contributed by atoms with E-state index in [0.29, 0.717) is 18.6 Å². The first-order valence-corrected chi connectivity index (χ1v) is 5.86. The highest BCUT2D eigenvalue weighted by molar-refractivity contribution is 6.15. The van der Waals surface area contributed by atoms with Crippen molar-refractivity contribution in [2.45, 2.75) is 24.9 Å². The molecule has 1 atom stereocenters. The van der Waals surface area contributed by atoms with Gasteiger partial charge in [-0.3, -0.25) is 4.79 Å². The van der Waals surface area contributed by atoms with Crippen LogP contribution in [-0.4, -0.2) is 24.0 Å². The van der Waals surface area contributed by atoms with E-state index >= 15 is 0 Å². The molecule has 1 fully saturated rings. The third-order valence-corrected chi connectivity index (χ3v) is 3.11. The SMILES string of the molecule is NOC(=O)C1(C(=O)c2ccccc2)CCCCO1. The van der Waals surface area contributed by atoms with Gasteiger partial charge in [-0.05, 0) is 19.3 Å². The lowest BCUT2D eigenvalue weighted by atomic mass is 9.86. The van der Waals surface area contributed by atoms with Crippen molar-refractivity contribution in [3.05, 3.63) is 35.9 Å². The number of ketones is 1. The van der Waals surface area contributed by atoms with Gasteiger partial charge in [-0.25, -0.2) is 4.79 Å². The summed E-state index contributed by atoms with van der Waals surface area (Å²) in [6.45, 7) is 0.355. The van der Waals surface area contributed by atoms with Gasteiger partial charge in [0.2, 0.25) is 11.4 Å². The number of nitrogens with two attached hydrogens (primary N) is 1. The summed E-state index contributed by atoms with van der Waals surface area (Å²) in [6, 6.07) is 8.55. The Kier molecular flexibility index (Phi) is 3.74. The van der Waals surface area contributed by atoms with Crippen LogP contribution >= 0.6 is 0 Å². The van der Waals surface area contributed by atoms with E-state index in [-0.39, 0.29) is 0 Å². The van der Waals surface area contributed by atoms with E-state index in [0.717, 1.165) is 12.8 Å². The number of carbonyl (C=O) groups is 2. The number of hydrogen-bond donors (Lipinski definition) is 1. The molecule has 0 radical (unpaired) electrons. The van der Waals surface area contributed by atoms with Crippen LogP contribution in [0.25, 0.3) is 0 Å². The Labute approximate surface area is 105 Å². The maximum Gasteiger partial charge on any atom is 0.365 e. The van der Waals surface area contributed by atoms with Crippen molar-refractivity contribution >= 4 is 11.8 Å². The quantitative estimate of drug-likeness (QED) is 0.495. The van der Waals surface area contributed by atoms with E-state index in [1.165, 1.54) is 0 Å². The van der Waals surface area contributed by atoms with Crippen LogP contribution in [0, 0.1) is 0 Å². The van der Waals surface area contributed by atoms with Crippen LogP contribution in [0.5, 0.6) is 0 Å². The predicted octanol–water partition coefficient (Wildman–Crippen LogP) is 1.23. The number of Topliss-reactive ketones (excluding diaryl/α,β-unsaturated/α-hetero) is 1. The molecule has 1 saturated heterocycles. The smallest absolute Gasteiger partial charge is 0.365 e. The van der Waals surface area contributed by atoms with Crippen LogP contribution in [0.2, 0.25) is 0 Å². The van der Waals surface area contributed by atoms with E-state index in [1.54, 1.807) is 30.3 Å². The summed E-state index contributed by atoms with van der Waals surface area (Å²) in [5, 5.41) is 0. The Hall–Kier alpha value is -1.72. The maximum absolute atomic E-state index is 12.4. The second kappa shape index (κ2) is 5.29. The highest BCUT2D eigenvalue weighted by atomic mass is 16.7. The second-order valence-corrected chi connectivity index (χ2v) is 4.23. The van der Waals surface area contributed by atoms with Crippen LogP contribution in [-0.2, 0) is 14.4 Å². The molecule has 96 valence electrons. The molecule has 2 rings (SSSR count). The Morgan fingerprint density at radius 1 is 1.22 bits per heavy atom. The molecule has 5 heteroatoms. The van der Waals surface area contributed by atoms with E-state index in [1.807, 2.05) is 0 Å². The van der Waals surface area contributed by atoms with Crippen molar-refractivity contribution in [1.29, 1.82) is 0 Å². The van der Waals surface area contributed by atoms with Crippen molar-refractivity contribution in [1.82, 2.24) is 0 Å². The molecule has 1 aromatic carbocycles. The zero-order chi connectivity index (χ0) is 13.0. The second-order valence-electron chi connectivity index (χ2n) is 4.23. The summed E-state index contributed by atoms with van der Waals surface area (Å²) in [7, 11) is 0. The van der Waals surface area contributed by atoms with Crippen LogP contribution in [0.15, 0.2) is 30.3 Å². The van der Waals surface area contributed by atoms with Crippen LogP contribution in [0.1, 0.15) is 29.6 Å². The molecule has 1 heterocycles. The molecule has 1 aromatic rings. The summed E-state index contributed by atoms with van der Waals surface area (Å²) >= 11 is 0. The van der Waals surface area contributed by atoms with Gasteiger partial charge in [0.1, 0.15) is 0 Å². The first kappa shape index (κ1) is 12.7. The highest BCUT2D eigenvalue weighted by Crippen LogP contribution is 2.30. The average molecular weight is 249 g/mol. The summed E-state index contributed by atoms with van der Waals surface area (Å²) in [4.78, 5) is 28.5. The topological polar surface area (TPSA) is 78.6 Å². The standard InChI is InChI=1S/C13H15NO4/c14-18-12(16)13(8-4-5-9-17-13)11(15)10-6-2-1-3-7-10/h1-3,6-7H,4-5,8-9,14H2. The first-order valence-electron chi connectivity index (χ1n) is 5.86. The Balaban J connectivity index is 2.35. The number of rotatable bonds is 3. The van der Waals surface area contributed by atoms with Crippen molar-refractivity contribution in [3.8, 4) is 0 Å². The molecule has 5 nitrogen and oxygen atoms in total. The number of ether oxygens (including phenoxy) is 1. The highest BCUT2D eigenvalue weighted by Gasteiger charge is 2.49. The molecule has 0 saturated carbocycles. The Bertz CT molecular complexity index is 438. The van der Waals surface area contributed by atoms with Gasteiger partial charge in [-0.1, -0.05) is 30.3 Å². The number of hydrogen-bond acceptors (Lipinski definition) is 5. The summed E-state index contributed by atoms with van der Waals surface area (Å²) < 4.78 is 5.43.